The van der Waals surface area contributed by atoms with E-state index in [-0.39, 0.29) is 17.6 Å². The summed E-state index contributed by atoms with van der Waals surface area (Å²) >= 11 is 4.95. The van der Waals surface area contributed by atoms with Crippen LogP contribution >= 0.6 is 12.2 Å². The average Bonchev–Trinajstić information content (AvgIpc) is 2.50. The van der Waals surface area contributed by atoms with E-state index in [1.54, 1.807) is 20.8 Å². The molecule has 0 heterocycles. The number of hydrogen-bond donors (Lipinski definition) is 3. The van der Waals surface area contributed by atoms with Crippen molar-refractivity contribution in [2.45, 2.75) is 40.5 Å². The quantitative estimate of drug-likeness (QED) is 0.573. The van der Waals surface area contributed by atoms with Crippen LogP contribution in [0.2, 0.25) is 0 Å². The van der Waals surface area contributed by atoms with Crippen LogP contribution in [0.25, 0.3) is 0 Å². The molecule has 0 unspecified atom stereocenters. The molecule has 132 valence electrons. The van der Waals surface area contributed by atoms with Crippen LogP contribution in [-0.4, -0.2) is 23.5 Å². The van der Waals surface area contributed by atoms with Crippen molar-refractivity contribution in [2.24, 2.45) is 5.41 Å². The predicted octanol–water partition coefficient (Wildman–Crippen LogP) is 2.26. The van der Waals surface area contributed by atoms with Crippen molar-refractivity contribution in [2.75, 3.05) is 6.61 Å². The van der Waals surface area contributed by atoms with Crippen molar-refractivity contribution in [3.8, 4) is 5.75 Å². The Morgan fingerprint density at radius 3 is 2.38 bits per heavy atom. The van der Waals surface area contributed by atoms with Crippen molar-refractivity contribution >= 4 is 29.1 Å². The number of carbonyl (C=O) groups is 2. The fraction of sp³-hybridized carbons (Fsp3) is 0.471. The highest BCUT2D eigenvalue weighted by atomic mass is 32.1. The van der Waals surface area contributed by atoms with Crippen LogP contribution in [0, 0.1) is 5.41 Å². The van der Waals surface area contributed by atoms with Crippen molar-refractivity contribution in [1.29, 1.82) is 0 Å². The summed E-state index contributed by atoms with van der Waals surface area (Å²) in [5.41, 5.74) is 5.33. The summed E-state index contributed by atoms with van der Waals surface area (Å²) < 4.78 is 5.55. The zero-order valence-corrected chi connectivity index (χ0v) is 15.5. The molecule has 24 heavy (non-hydrogen) atoms. The summed E-state index contributed by atoms with van der Waals surface area (Å²) in [6, 6.07) is 7.58. The van der Waals surface area contributed by atoms with Crippen LogP contribution in [0.4, 0.5) is 0 Å². The predicted molar refractivity (Wildman–Crippen MR) is 97.5 cm³/mol. The van der Waals surface area contributed by atoms with Gasteiger partial charge >= 0.3 is 0 Å². The topological polar surface area (TPSA) is 79.5 Å². The largest absolute Gasteiger partial charge is 0.483 e. The molecule has 0 atom stereocenters. The molecule has 0 aliphatic carbocycles. The second kappa shape index (κ2) is 8.63. The van der Waals surface area contributed by atoms with E-state index >= 15 is 0 Å². The molecule has 0 bridgehead atoms. The zero-order chi connectivity index (χ0) is 18.3. The second-order valence-electron chi connectivity index (χ2n) is 6.69. The first-order chi connectivity index (χ1) is 11.1. The minimum atomic E-state index is -0.570. The number of hydrogen-bond acceptors (Lipinski definition) is 4. The maximum atomic E-state index is 11.8. The highest BCUT2D eigenvalue weighted by Gasteiger charge is 2.22. The number of carbonyl (C=O) groups excluding carboxylic acids is 2. The number of ether oxygens (including phenoxy) is 1. The van der Waals surface area contributed by atoms with Crippen molar-refractivity contribution in [3.05, 3.63) is 29.8 Å². The van der Waals surface area contributed by atoms with Gasteiger partial charge in [-0.3, -0.25) is 20.4 Å². The van der Waals surface area contributed by atoms with E-state index in [4.69, 9.17) is 17.0 Å². The third-order valence-electron chi connectivity index (χ3n) is 3.12. The number of nitrogens with one attached hydrogen (secondary N) is 3. The molecule has 0 saturated carbocycles. The number of hydrazine groups is 1. The van der Waals surface area contributed by atoms with Crippen LogP contribution in [0.15, 0.2) is 24.3 Å². The summed E-state index contributed by atoms with van der Waals surface area (Å²) in [5.74, 6) is 0.325. The van der Waals surface area contributed by atoms with Gasteiger partial charge in [0.05, 0.1) is 0 Å². The Kier molecular flexibility index (Phi) is 7.16. The molecule has 0 radical (unpaired) electrons. The van der Waals surface area contributed by atoms with E-state index in [1.165, 1.54) is 0 Å². The molecule has 2 amide bonds. The third kappa shape index (κ3) is 6.54. The zero-order valence-electron chi connectivity index (χ0n) is 14.7. The van der Waals surface area contributed by atoms with E-state index in [0.29, 0.717) is 11.7 Å². The molecule has 1 rings (SSSR count). The first-order valence-corrected chi connectivity index (χ1v) is 8.14. The molecule has 0 saturated heterocycles. The van der Waals surface area contributed by atoms with Gasteiger partial charge in [0.25, 0.3) is 5.91 Å². The lowest BCUT2D eigenvalue weighted by Crippen LogP contribution is -2.51. The molecule has 6 nitrogen and oxygen atoms in total. The molecule has 1 aromatic rings. The Balaban J connectivity index is 2.43. The number of rotatable bonds is 4. The fourth-order valence-electron chi connectivity index (χ4n) is 1.72. The molecule has 0 aliphatic rings. The molecule has 0 spiro atoms. The number of thiocarbonyl (C=S) groups is 1. The summed E-state index contributed by atoms with van der Waals surface area (Å²) in [5, 5.41) is 2.53. The van der Waals surface area contributed by atoms with E-state index in [9.17, 15) is 9.59 Å². The second-order valence-corrected chi connectivity index (χ2v) is 7.10. The van der Waals surface area contributed by atoms with E-state index in [2.05, 4.69) is 30.0 Å². The highest BCUT2D eigenvalue weighted by Crippen LogP contribution is 2.25. The van der Waals surface area contributed by atoms with Gasteiger partial charge in [-0.15, -0.1) is 0 Å². The minimum Gasteiger partial charge on any atom is -0.483 e. The van der Waals surface area contributed by atoms with E-state index < -0.39 is 11.3 Å². The molecule has 7 heteroatoms. The van der Waals surface area contributed by atoms with Gasteiger partial charge in [-0.1, -0.05) is 52.8 Å². The number of amides is 2. The van der Waals surface area contributed by atoms with Gasteiger partial charge in [0.1, 0.15) is 5.75 Å². The van der Waals surface area contributed by atoms with Gasteiger partial charge in [0.2, 0.25) is 5.91 Å². The van der Waals surface area contributed by atoms with Gasteiger partial charge in [-0.25, -0.2) is 0 Å². The molecule has 0 aromatic heterocycles. The first-order valence-electron chi connectivity index (χ1n) is 7.73. The summed E-state index contributed by atoms with van der Waals surface area (Å²) in [7, 11) is 0. The lowest BCUT2D eigenvalue weighted by Gasteiger charge is -2.19. The highest BCUT2D eigenvalue weighted by molar-refractivity contribution is 7.80. The maximum Gasteiger partial charge on any atom is 0.276 e. The Bertz CT molecular complexity index is 609. The number of benzene rings is 1. The van der Waals surface area contributed by atoms with Crippen molar-refractivity contribution < 1.29 is 14.3 Å². The average molecular weight is 351 g/mol. The minimum absolute atomic E-state index is 0.0332. The Hall–Kier alpha value is -2.15. The molecule has 0 aliphatic heterocycles. The third-order valence-corrected chi connectivity index (χ3v) is 3.33. The smallest absolute Gasteiger partial charge is 0.276 e. The Labute approximate surface area is 148 Å². The maximum absolute atomic E-state index is 11.8. The van der Waals surface area contributed by atoms with Gasteiger partial charge in [0.15, 0.2) is 11.7 Å². The van der Waals surface area contributed by atoms with Crippen molar-refractivity contribution in [3.63, 3.8) is 0 Å². The Morgan fingerprint density at radius 1 is 1.17 bits per heavy atom. The van der Waals surface area contributed by atoms with Crippen LogP contribution in [0.1, 0.15) is 46.1 Å². The standard InChI is InChI=1S/C17H25N3O3S/c1-11(2)12-8-6-7-9-13(12)23-10-14(21)19-20-16(24)18-15(22)17(3,4)5/h6-9,11H,10H2,1-5H3,(H,19,21)(H2,18,20,22,24). The summed E-state index contributed by atoms with van der Waals surface area (Å²) in [4.78, 5) is 23.6. The van der Waals surface area contributed by atoms with Gasteiger partial charge in [-0.05, 0) is 29.8 Å². The van der Waals surface area contributed by atoms with Crippen LogP contribution in [0.3, 0.4) is 0 Å². The summed E-state index contributed by atoms with van der Waals surface area (Å²) in [6.07, 6.45) is 0. The lowest BCUT2D eigenvalue weighted by atomic mass is 9.96. The lowest BCUT2D eigenvalue weighted by molar-refractivity contribution is -0.127. The first kappa shape index (κ1) is 19.9. The molecule has 1 aromatic carbocycles. The van der Waals surface area contributed by atoms with Gasteiger partial charge < -0.3 is 10.1 Å². The monoisotopic (exact) mass is 351 g/mol. The van der Waals surface area contributed by atoms with Crippen LogP contribution in [-0.2, 0) is 9.59 Å². The normalized spacial score (nSPS) is 10.9. The number of para-hydroxylation sites is 1. The summed E-state index contributed by atoms with van der Waals surface area (Å²) in [6.45, 7) is 9.25. The van der Waals surface area contributed by atoms with Crippen molar-refractivity contribution in [1.82, 2.24) is 16.2 Å². The van der Waals surface area contributed by atoms with Crippen LogP contribution < -0.4 is 20.9 Å². The fourth-order valence-corrected chi connectivity index (χ4v) is 1.86. The molecule has 3 N–H and O–H groups in total. The van der Waals surface area contributed by atoms with Crippen LogP contribution in [0.5, 0.6) is 5.75 Å². The molecule has 0 fully saturated rings. The van der Waals surface area contributed by atoms with Gasteiger partial charge in [0, 0.05) is 5.41 Å². The van der Waals surface area contributed by atoms with E-state index in [0.717, 1.165) is 5.56 Å². The van der Waals surface area contributed by atoms with E-state index in [1.807, 2.05) is 24.3 Å². The molecular weight excluding hydrogens is 326 g/mol. The van der Waals surface area contributed by atoms with Gasteiger partial charge in [-0.2, -0.15) is 0 Å². The Morgan fingerprint density at radius 2 is 1.79 bits per heavy atom. The molecular formula is C17H25N3O3S. The SMILES string of the molecule is CC(C)c1ccccc1OCC(=O)NNC(=S)NC(=O)C(C)(C)C.